The van der Waals surface area contributed by atoms with E-state index in [0.29, 0.717) is 11.0 Å². The highest BCUT2D eigenvalue weighted by atomic mass is 35.5. The molecule has 5 atom stereocenters. The van der Waals surface area contributed by atoms with Gasteiger partial charge in [0.25, 0.3) is 0 Å². The molecule has 1 saturated heterocycles. The summed E-state index contributed by atoms with van der Waals surface area (Å²) < 4.78 is 39.1. The van der Waals surface area contributed by atoms with Gasteiger partial charge in [0, 0.05) is 12.6 Å². The number of esters is 1. The van der Waals surface area contributed by atoms with E-state index in [0.717, 1.165) is 10.8 Å². The maximum Gasteiger partial charge on any atom is 0.459 e. The minimum Gasteiger partial charge on any atom is -0.462 e. The third-order valence-electron chi connectivity index (χ3n) is 6.94. The molecule has 0 saturated carbocycles. The number of carbonyl (C=O) groups is 1. The first-order valence-corrected chi connectivity index (χ1v) is 15.3. The van der Waals surface area contributed by atoms with E-state index < -0.39 is 37.7 Å². The lowest BCUT2D eigenvalue weighted by Gasteiger charge is -2.30. The Labute approximate surface area is 247 Å². The summed E-state index contributed by atoms with van der Waals surface area (Å²) in [4.78, 5) is 20.8. The molecule has 1 aliphatic rings. The van der Waals surface area contributed by atoms with Gasteiger partial charge in [-0.15, -0.1) is 0 Å². The number of rotatable bonds is 10. The molecule has 2 aromatic heterocycles. The van der Waals surface area contributed by atoms with Crippen LogP contribution in [-0.2, 0) is 23.4 Å². The minimum atomic E-state index is -4.23. The van der Waals surface area contributed by atoms with Crippen molar-refractivity contribution in [3.63, 3.8) is 0 Å². The van der Waals surface area contributed by atoms with Crippen LogP contribution in [0.2, 0.25) is 5.28 Å². The Morgan fingerprint density at radius 2 is 1.98 bits per heavy atom. The number of nitrogens with one attached hydrogen (secondary N) is 1. The normalized spacial score (nSPS) is 22.8. The van der Waals surface area contributed by atoms with Crippen molar-refractivity contribution < 1.29 is 33.0 Å². The molecule has 0 bridgehead atoms. The molecule has 1 fully saturated rings. The molecule has 0 radical (unpaired) electrons. The monoisotopic (exact) mass is 617 g/mol. The number of benzene rings is 2. The second kappa shape index (κ2) is 11.8. The lowest BCUT2D eigenvalue weighted by molar-refractivity contribution is -0.149. The van der Waals surface area contributed by atoms with Crippen molar-refractivity contribution in [1.29, 1.82) is 0 Å². The van der Waals surface area contributed by atoms with Gasteiger partial charge in [-0.2, -0.15) is 10.1 Å². The largest absolute Gasteiger partial charge is 0.462 e. The van der Waals surface area contributed by atoms with Crippen molar-refractivity contribution in [1.82, 2.24) is 19.6 Å². The Kier molecular flexibility index (Phi) is 8.48. The molecule has 14 heteroatoms. The molecule has 0 aliphatic carbocycles. The van der Waals surface area contributed by atoms with Crippen molar-refractivity contribution in [2.45, 2.75) is 64.2 Å². The van der Waals surface area contributed by atoms with Crippen LogP contribution in [0.15, 0.2) is 54.7 Å². The smallest absolute Gasteiger partial charge is 0.459 e. The molecule has 2 aromatic carbocycles. The van der Waals surface area contributed by atoms with E-state index in [1.807, 2.05) is 30.3 Å². The quantitative estimate of drug-likeness (QED) is 0.125. The van der Waals surface area contributed by atoms with Gasteiger partial charge in [-0.05, 0) is 68.3 Å². The molecule has 42 heavy (non-hydrogen) atoms. The lowest BCUT2D eigenvalue weighted by Crippen LogP contribution is -2.42. The van der Waals surface area contributed by atoms with Crippen LogP contribution in [0, 0.1) is 0 Å². The van der Waals surface area contributed by atoms with Crippen molar-refractivity contribution in [2.75, 3.05) is 12.3 Å². The molecular weight excluding hydrogens is 585 g/mol. The van der Waals surface area contributed by atoms with Crippen LogP contribution in [0.5, 0.6) is 5.75 Å². The number of hydrogen-bond donors (Lipinski definition) is 3. The summed E-state index contributed by atoms with van der Waals surface area (Å²) in [5.41, 5.74) is 5.12. The number of nitrogens with two attached hydrogens (primary N) is 1. The van der Waals surface area contributed by atoms with Gasteiger partial charge in [-0.1, -0.05) is 30.3 Å². The number of aliphatic hydroxyl groups excluding tert-OH is 1. The lowest BCUT2D eigenvalue weighted by atomic mass is 10.0. The van der Waals surface area contributed by atoms with Gasteiger partial charge in [0.2, 0.25) is 5.28 Å². The maximum atomic E-state index is 14.1. The van der Waals surface area contributed by atoms with Crippen LogP contribution in [0.4, 0.5) is 5.82 Å². The predicted octanol–water partition coefficient (Wildman–Crippen LogP) is 4.99. The highest BCUT2D eigenvalue weighted by molar-refractivity contribution is 7.52. The Hall–Kier alpha value is -3.25. The minimum absolute atomic E-state index is 0.0208. The molecule has 4 N–H and O–H groups in total. The van der Waals surface area contributed by atoms with Crippen molar-refractivity contribution >= 4 is 52.9 Å². The summed E-state index contributed by atoms with van der Waals surface area (Å²) in [5, 5.41) is 16.1. The van der Waals surface area contributed by atoms with Crippen LogP contribution in [-0.4, -0.2) is 56.1 Å². The van der Waals surface area contributed by atoms with E-state index in [2.05, 4.69) is 15.1 Å². The highest BCUT2D eigenvalue weighted by Crippen LogP contribution is 2.48. The van der Waals surface area contributed by atoms with Gasteiger partial charge in [-0.25, -0.2) is 9.55 Å². The molecule has 5 rings (SSSR count). The number of fused-ring (bicyclic) bond motifs is 2. The summed E-state index contributed by atoms with van der Waals surface area (Å²) in [5.74, 6) is -0.145. The average molecular weight is 618 g/mol. The topological polar surface area (TPSA) is 160 Å². The summed E-state index contributed by atoms with van der Waals surface area (Å²) in [6.45, 7) is 6.22. The van der Waals surface area contributed by atoms with Gasteiger partial charge in [0.1, 0.15) is 35.1 Å². The van der Waals surface area contributed by atoms with Gasteiger partial charge < -0.3 is 29.4 Å². The molecule has 12 nitrogen and oxygen atoms in total. The molecule has 4 aromatic rings. The Bertz CT molecular complexity index is 1670. The number of ether oxygens (including phenoxy) is 2. The van der Waals surface area contributed by atoms with Gasteiger partial charge in [0.15, 0.2) is 0 Å². The van der Waals surface area contributed by atoms with Gasteiger partial charge in [-0.3, -0.25) is 9.32 Å². The van der Waals surface area contributed by atoms with Crippen molar-refractivity contribution in [3.05, 3.63) is 60.0 Å². The van der Waals surface area contributed by atoms with Crippen LogP contribution in [0.25, 0.3) is 21.8 Å². The maximum absolute atomic E-state index is 14.1. The first kappa shape index (κ1) is 30.2. The SMILES string of the molecule is CC(C)OC(=O)[C@H](C)NP(=O)(OC[C@@]1(C)O[C@@H](n2ccc3c(N)nc(Cl)nc32)C[C@@H]1O)Oc1ccc2ccccc2c1. The van der Waals surface area contributed by atoms with E-state index in [9.17, 15) is 14.5 Å². The summed E-state index contributed by atoms with van der Waals surface area (Å²) >= 11 is 6.02. The Morgan fingerprint density at radius 3 is 2.71 bits per heavy atom. The fourth-order valence-corrected chi connectivity index (χ4v) is 6.48. The fourth-order valence-electron chi connectivity index (χ4n) is 4.73. The number of halogens is 1. The van der Waals surface area contributed by atoms with E-state index in [1.54, 1.807) is 49.7 Å². The van der Waals surface area contributed by atoms with Crippen LogP contribution in [0.3, 0.4) is 0 Å². The number of nitrogen functional groups attached to an aromatic ring is 1. The number of carbonyl (C=O) groups excluding carboxylic acids is 1. The highest BCUT2D eigenvalue weighted by Gasteiger charge is 2.48. The summed E-state index contributed by atoms with van der Waals surface area (Å²) in [6.07, 6.45) is -0.169. The number of nitrogens with zero attached hydrogens (tertiary/aromatic N) is 3. The summed E-state index contributed by atoms with van der Waals surface area (Å²) in [7, 11) is -4.23. The molecule has 1 unspecified atom stereocenters. The number of anilines is 1. The van der Waals surface area contributed by atoms with E-state index >= 15 is 0 Å². The third kappa shape index (κ3) is 6.39. The van der Waals surface area contributed by atoms with Crippen molar-refractivity contribution in [3.8, 4) is 5.75 Å². The second-order valence-electron chi connectivity index (χ2n) is 10.7. The van der Waals surface area contributed by atoms with E-state index in [4.69, 9.17) is 35.9 Å². The Balaban J connectivity index is 1.37. The molecular formula is C28H33ClN5O7P. The number of hydrogen-bond acceptors (Lipinski definition) is 10. The number of aliphatic hydroxyl groups is 1. The molecule has 1 aliphatic heterocycles. The van der Waals surface area contributed by atoms with Crippen LogP contribution in [0.1, 0.15) is 40.3 Å². The second-order valence-corrected chi connectivity index (χ2v) is 12.7. The molecule has 224 valence electrons. The zero-order chi connectivity index (χ0) is 30.2. The Morgan fingerprint density at radius 1 is 1.24 bits per heavy atom. The van der Waals surface area contributed by atoms with Crippen LogP contribution >= 0.6 is 19.3 Å². The fraction of sp³-hybridized carbons (Fsp3) is 0.393. The van der Waals surface area contributed by atoms with Crippen molar-refractivity contribution in [2.24, 2.45) is 0 Å². The van der Waals surface area contributed by atoms with Gasteiger partial charge in [0.05, 0.1) is 24.2 Å². The standard InChI is InChI=1S/C28H33ClN5O7P/c1-16(2)39-26(36)17(3)33-42(37,41-20-10-9-18-7-5-6-8-19(18)13-20)38-15-28(4)22(35)14-23(40-28)34-12-11-21-24(30)31-27(29)32-25(21)34/h5-13,16-17,22-23,35H,14-15H2,1-4H3,(H,33,37)(H2,30,31,32)/t17-,22-,23+,28+,42?/m0/s1. The predicted molar refractivity (Wildman–Crippen MR) is 158 cm³/mol. The molecule has 3 heterocycles. The zero-order valence-corrected chi connectivity index (χ0v) is 25.2. The summed E-state index contributed by atoms with van der Waals surface area (Å²) in [6, 6.07) is 13.5. The first-order chi connectivity index (χ1) is 19.9. The zero-order valence-electron chi connectivity index (χ0n) is 23.6. The number of aromatic nitrogens is 3. The third-order valence-corrected chi connectivity index (χ3v) is 8.74. The molecule has 0 amide bonds. The van der Waals surface area contributed by atoms with E-state index in [1.165, 1.54) is 6.92 Å². The van der Waals surface area contributed by atoms with Crippen LogP contribution < -0.4 is 15.3 Å². The van der Waals surface area contributed by atoms with E-state index in [-0.39, 0.29) is 36.0 Å². The first-order valence-electron chi connectivity index (χ1n) is 13.4. The van der Waals surface area contributed by atoms with Gasteiger partial charge >= 0.3 is 13.7 Å². The average Bonchev–Trinajstić information content (AvgIpc) is 3.48. The molecule has 0 spiro atoms.